The number of aryl methyl sites for hydroxylation is 1. The first kappa shape index (κ1) is 14.8. The van der Waals surface area contributed by atoms with Crippen LogP contribution in [0.4, 0.5) is 0 Å². The van der Waals surface area contributed by atoms with E-state index in [0.29, 0.717) is 39.5 Å². The van der Waals surface area contributed by atoms with E-state index in [1.807, 2.05) is 0 Å². The van der Waals surface area contributed by atoms with Crippen LogP contribution in [-0.4, -0.2) is 40.5 Å². The molecule has 0 bridgehead atoms. The Kier molecular flexibility index (Phi) is 3.61. The Hall–Kier alpha value is -3.09. The molecule has 3 aromatic rings. The van der Waals surface area contributed by atoms with Gasteiger partial charge in [-0.3, -0.25) is 5.10 Å². The number of hydrogen-bond acceptors (Lipinski definition) is 5. The summed E-state index contributed by atoms with van der Waals surface area (Å²) in [5.74, 6) is 0.149. The molecule has 0 spiro atoms. The summed E-state index contributed by atoms with van der Waals surface area (Å²) < 4.78 is 10.5. The van der Waals surface area contributed by atoms with Crippen LogP contribution in [0.15, 0.2) is 24.3 Å². The highest BCUT2D eigenvalue weighted by Crippen LogP contribution is 2.34. The Morgan fingerprint density at radius 3 is 2.65 bits per heavy atom. The molecule has 2 N–H and O–H groups in total. The van der Waals surface area contributed by atoms with E-state index in [1.165, 1.54) is 13.2 Å². The van der Waals surface area contributed by atoms with Gasteiger partial charge in [0.2, 0.25) is 0 Å². The Bertz CT molecular complexity index is 902. The molecule has 0 atom stereocenters. The Morgan fingerprint density at radius 2 is 2.00 bits per heavy atom. The monoisotopic (exact) mass is 313 g/mol. The molecule has 7 heteroatoms. The van der Waals surface area contributed by atoms with Crippen molar-refractivity contribution >= 4 is 17.0 Å². The molecule has 23 heavy (non-hydrogen) atoms. The van der Waals surface area contributed by atoms with Gasteiger partial charge >= 0.3 is 5.97 Å². The first-order valence-corrected chi connectivity index (χ1v) is 6.86. The van der Waals surface area contributed by atoms with Gasteiger partial charge in [-0.25, -0.2) is 9.78 Å². The molecule has 0 amide bonds. The lowest BCUT2D eigenvalue weighted by Crippen LogP contribution is -2.01. The van der Waals surface area contributed by atoms with Crippen molar-refractivity contribution in [2.45, 2.75) is 6.92 Å². The van der Waals surface area contributed by atoms with E-state index >= 15 is 0 Å². The average molecular weight is 313 g/mol. The van der Waals surface area contributed by atoms with Crippen LogP contribution in [0.25, 0.3) is 22.3 Å². The number of pyridine rings is 1. The number of aromatic amines is 1. The SMILES string of the molecule is COc1ccc(-c2cc(C(=O)O)c3c(C)[nH]nc3n2)c(OC)c1. The maximum Gasteiger partial charge on any atom is 0.336 e. The van der Waals surface area contributed by atoms with Crippen molar-refractivity contribution < 1.29 is 19.4 Å². The number of benzene rings is 1. The van der Waals surface area contributed by atoms with E-state index in [9.17, 15) is 9.90 Å². The van der Waals surface area contributed by atoms with Crippen LogP contribution in [0.3, 0.4) is 0 Å². The summed E-state index contributed by atoms with van der Waals surface area (Å²) in [7, 11) is 3.10. The van der Waals surface area contributed by atoms with Gasteiger partial charge in [-0.15, -0.1) is 0 Å². The van der Waals surface area contributed by atoms with Gasteiger partial charge < -0.3 is 14.6 Å². The van der Waals surface area contributed by atoms with Crippen LogP contribution >= 0.6 is 0 Å². The zero-order valence-corrected chi connectivity index (χ0v) is 12.9. The fraction of sp³-hybridized carbons (Fsp3) is 0.188. The van der Waals surface area contributed by atoms with Gasteiger partial charge in [-0.2, -0.15) is 5.10 Å². The summed E-state index contributed by atoms with van der Waals surface area (Å²) in [6.45, 7) is 1.76. The zero-order chi connectivity index (χ0) is 16.6. The van der Waals surface area contributed by atoms with Gasteiger partial charge in [-0.05, 0) is 25.1 Å². The number of hydrogen-bond donors (Lipinski definition) is 2. The molecule has 118 valence electrons. The summed E-state index contributed by atoms with van der Waals surface area (Å²) in [6, 6.07) is 6.78. The van der Waals surface area contributed by atoms with Crippen molar-refractivity contribution in [3.05, 3.63) is 35.5 Å². The number of carboxylic acid groups (broad SMARTS) is 1. The molecule has 0 aliphatic heterocycles. The highest BCUT2D eigenvalue weighted by atomic mass is 16.5. The molecule has 3 rings (SSSR count). The van der Waals surface area contributed by atoms with Gasteiger partial charge in [0.1, 0.15) is 11.5 Å². The number of carbonyl (C=O) groups is 1. The number of rotatable bonds is 4. The van der Waals surface area contributed by atoms with Crippen molar-refractivity contribution in [2.75, 3.05) is 14.2 Å². The minimum atomic E-state index is -1.03. The van der Waals surface area contributed by atoms with Crippen LogP contribution in [0.1, 0.15) is 16.1 Å². The fourth-order valence-electron chi connectivity index (χ4n) is 2.49. The van der Waals surface area contributed by atoms with E-state index in [4.69, 9.17) is 9.47 Å². The predicted octanol–water partition coefficient (Wildman–Crippen LogP) is 2.65. The van der Waals surface area contributed by atoms with E-state index < -0.39 is 5.97 Å². The predicted molar refractivity (Wildman–Crippen MR) is 84.1 cm³/mol. The number of H-pyrrole nitrogens is 1. The van der Waals surface area contributed by atoms with Crippen LogP contribution in [0.5, 0.6) is 11.5 Å². The molecular formula is C16H15N3O4. The molecule has 2 aromatic heterocycles. The van der Waals surface area contributed by atoms with Crippen molar-refractivity contribution in [1.29, 1.82) is 0 Å². The number of aromatic carboxylic acids is 1. The van der Waals surface area contributed by atoms with Crippen molar-refractivity contribution in [2.24, 2.45) is 0 Å². The number of aromatic nitrogens is 3. The second kappa shape index (κ2) is 5.60. The molecule has 0 saturated heterocycles. The van der Waals surface area contributed by atoms with Gasteiger partial charge in [-0.1, -0.05) is 0 Å². The van der Waals surface area contributed by atoms with Gasteiger partial charge in [0, 0.05) is 17.3 Å². The molecule has 2 heterocycles. The Balaban J connectivity index is 2.27. The van der Waals surface area contributed by atoms with Crippen LogP contribution in [0, 0.1) is 6.92 Å². The molecule has 7 nitrogen and oxygen atoms in total. The first-order valence-electron chi connectivity index (χ1n) is 6.86. The second-order valence-corrected chi connectivity index (χ2v) is 4.97. The third-order valence-corrected chi connectivity index (χ3v) is 3.62. The molecule has 0 unspecified atom stereocenters. The maximum atomic E-state index is 11.6. The van der Waals surface area contributed by atoms with E-state index in [0.717, 1.165) is 0 Å². The first-order chi connectivity index (χ1) is 11.0. The van der Waals surface area contributed by atoms with E-state index in [2.05, 4.69) is 15.2 Å². The standard InChI is InChI=1S/C16H15N3O4/c1-8-14-11(16(20)21)7-12(17-15(14)19-18-8)10-5-4-9(22-2)6-13(10)23-3/h4-7H,1-3H3,(H,20,21)(H,17,18,19). The average Bonchev–Trinajstić information content (AvgIpc) is 2.94. The molecule has 1 aromatic carbocycles. The van der Waals surface area contributed by atoms with E-state index in [1.54, 1.807) is 32.2 Å². The number of nitrogens with zero attached hydrogens (tertiary/aromatic N) is 2. The zero-order valence-electron chi connectivity index (χ0n) is 12.9. The summed E-state index contributed by atoms with van der Waals surface area (Å²) in [5.41, 5.74) is 2.31. The van der Waals surface area contributed by atoms with Crippen LogP contribution in [0.2, 0.25) is 0 Å². The lowest BCUT2D eigenvalue weighted by Gasteiger charge is -2.11. The Labute approximate surface area is 131 Å². The Morgan fingerprint density at radius 1 is 1.22 bits per heavy atom. The third kappa shape index (κ3) is 2.46. The molecule has 0 radical (unpaired) electrons. The van der Waals surface area contributed by atoms with Gasteiger partial charge in [0.25, 0.3) is 0 Å². The topological polar surface area (TPSA) is 97.3 Å². The smallest absolute Gasteiger partial charge is 0.336 e. The van der Waals surface area contributed by atoms with Crippen LogP contribution < -0.4 is 9.47 Å². The van der Waals surface area contributed by atoms with Gasteiger partial charge in [0.15, 0.2) is 5.65 Å². The quantitative estimate of drug-likeness (QED) is 0.768. The number of fused-ring (bicyclic) bond motifs is 1. The minimum absolute atomic E-state index is 0.147. The molecule has 0 saturated carbocycles. The second-order valence-electron chi connectivity index (χ2n) is 4.97. The summed E-state index contributed by atoms with van der Waals surface area (Å²) >= 11 is 0. The number of ether oxygens (including phenoxy) is 2. The summed E-state index contributed by atoms with van der Waals surface area (Å²) in [6.07, 6.45) is 0. The fourth-order valence-corrected chi connectivity index (χ4v) is 2.49. The number of methoxy groups -OCH3 is 2. The number of nitrogens with one attached hydrogen (secondary N) is 1. The summed E-state index contributed by atoms with van der Waals surface area (Å²) in [4.78, 5) is 16.0. The maximum absolute atomic E-state index is 11.6. The summed E-state index contributed by atoms with van der Waals surface area (Å²) in [5, 5.41) is 16.8. The van der Waals surface area contributed by atoms with E-state index in [-0.39, 0.29) is 5.56 Å². The minimum Gasteiger partial charge on any atom is -0.497 e. The molecule has 0 aliphatic rings. The van der Waals surface area contributed by atoms with Crippen molar-refractivity contribution in [3.8, 4) is 22.8 Å². The van der Waals surface area contributed by atoms with Crippen LogP contribution in [-0.2, 0) is 0 Å². The molecule has 0 fully saturated rings. The largest absolute Gasteiger partial charge is 0.497 e. The molecular weight excluding hydrogens is 298 g/mol. The number of carboxylic acids is 1. The third-order valence-electron chi connectivity index (χ3n) is 3.62. The lowest BCUT2D eigenvalue weighted by molar-refractivity contribution is 0.0699. The highest BCUT2D eigenvalue weighted by molar-refractivity contribution is 6.04. The van der Waals surface area contributed by atoms with Crippen molar-refractivity contribution in [1.82, 2.24) is 15.2 Å². The van der Waals surface area contributed by atoms with Crippen molar-refractivity contribution in [3.63, 3.8) is 0 Å². The molecule has 0 aliphatic carbocycles. The lowest BCUT2D eigenvalue weighted by atomic mass is 10.0. The normalized spacial score (nSPS) is 10.7. The van der Waals surface area contributed by atoms with Gasteiger partial charge in [0.05, 0.1) is 30.9 Å². The highest BCUT2D eigenvalue weighted by Gasteiger charge is 2.18.